The van der Waals surface area contributed by atoms with Crippen molar-refractivity contribution in [2.45, 2.75) is 31.3 Å². The maximum atomic E-state index is 12.0. The zero-order valence-corrected chi connectivity index (χ0v) is 12.4. The van der Waals surface area contributed by atoms with E-state index in [0.29, 0.717) is 12.5 Å². The Morgan fingerprint density at radius 1 is 1.32 bits per heavy atom. The molecule has 0 aliphatic rings. The number of ether oxygens (including phenoxy) is 1. The van der Waals surface area contributed by atoms with Crippen molar-refractivity contribution in [1.29, 1.82) is 0 Å². The molecule has 19 heavy (non-hydrogen) atoms. The molecule has 7 nitrogen and oxygen atoms in total. The largest absolute Gasteiger partial charge is 0.377 e. The molecule has 1 heterocycles. The summed E-state index contributed by atoms with van der Waals surface area (Å²) >= 11 is 0. The Morgan fingerprint density at radius 2 is 1.89 bits per heavy atom. The minimum atomic E-state index is -3.62. The predicted octanol–water partition coefficient (Wildman–Crippen LogP) is 0.612. The Kier molecular flexibility index (Phi) is 5.21. The first-order valence-corrected chi connectivity index (χ1v) is 7.40. The summed E-state index contributed by atoms with van der Waals surface area (Å²) in [6.07, 6.45) is 2.54. The van der Waals surface area contributed by atoms with Gasteiger partial charge >= 0.3 is 0 Å². The van der Waals surface area contributed by atoms with Crippen LogP contribution in [0.3, 0.4) is 0 Å². The van der Waals surface area contributed by atoms with Crippen LogP contribution in [0.15, 0.2) is 17.3 Å². The van der Waals surface area contributed by atoms with E-state index in [0.717, 1.165) is 0 Å². The molecule has 1 rings (SSSR count). The van der Waals surface area contributed by atoms with E-state index >= 15 is 0 Å². The minimum Gasteiger partial charge on any atom is -0.377 e. The van der Waals surface area contributed by atoms with Gasteiger partial charge in [0.1, 0.15) is 4.90 Å². The second-order valence-electron chi connectivity index (χ2n) is 4.56. The van der Waals surface area contributed by atoms with Gasteiger partial charge in [0.2, 0.25) is 16.0 Å². The first-order valence-electron chi connectivity index (χ1n) is 5.91. The molecule has 0 fully saturated rings. The molecule has 0 bridgehead atoms. The van der Waals surface area contributed by atoms with Crippen LogP contribution in [0.25, 0.3) is 0 Å². The molecule has 0 saturated carbocycles. The van der Waals surface area contributed by atoms with Gasteiger partial charge in [-0.1, -0.05) is 0 Å². The highest BCUT2D eigenvalue weighted by Gasteiger charge is 2.22. The third kappa shape index (κ3) is 4.73. The fraction of sp³-hybridized carbons (Fsp3) is 0.636. The number of sulfonamides is 1. The standard InChI is InChI=1S/C11H20N4O3S/c1-5-12-10-13-6-9(7-14-10)19(16,17)15-8-11(2,3)18-4/h6-7,15H,5,8H2,1-4H3,(H,12,13,14). The molecular weight excluding hydrogens is 268 g/mol. The summed E-state index contributed by atoms with van der Waals surface area (Å²) in [5.41, 5.74) is -0.572. The lowest BCUT2D eigenvalue weighted by Gasteiger charge is -2.22. The molecule has 0 saturated heterocycles. The minimum absolute atomic E-state index is 0.0288. The summed E-state index contributed by atoms with van der Waals surface area (Å²) in [5, 5.41) is 2.89. The van der Waals surface area contributed by atoms with Gasteiger partial charge in [0.15, 0.2) is 0 Å². The van der Waals surface area contributed by atoms with E-state index in [4.69, 9.17) is 4.74 Å². The predicted molar refractivity (Wildman–Crippen MR) is 72.5 cm³/mol. The van der Waals surface area contributed by atoms with Crippen LogP contribution in [0.5, 0.6) is 0 Å². The molecule has 8 heteroatoms. The SMILES string of the molecule is CCNc1ncc(S(=O)(=O)NCC(C)(C)OC)cn1. The molecular formula is C11H20N4O3S. The van der Waals surface area contributed by atoms with E-state index in [1.165, 1.54) is 19.5 Å². The van der Waals surface area contributed by atoms with Gasteiger partial charge in [0, 0.05) is 20.2 Å². The highest BCUT2D eigenvalue weighted by molar-refractivity contribution is 7.89. The van der Waals surface area contributed by atoms with Crippen LogP contribution in [0, 0.1) is 0 Å². The number of hydrogen-bond donors (Lipinski definition) is 2. The van der Waals surface area contributed by atoms with Crippen molar-refractivity contribution in [2.75, 3.05) is 25.5 Å². The molecule has 0 aliphatic carbocycles. The van der Waals surface area contributed by atoms with Crippen LogP contribution in [0.2, 0.25) is 0 Å². The van der Waals surface area contributed by atoms with E-state index in [2.05, 4.69) is 20.0 Å². The molecule has 0 radical (unpaired) electrons. The number of methoxy groups -OCH3 is 1. The molecule has 108 valence electrons. The van der Waals surface area contributed by atoms with Gasteiger partial charge in [-0.25, -0.2) is 23.1 Å². The summed E-state index contributed by atoms with van der Waals surface area (Å²) in [6.45, 7) is 6.33. The van der Waals surface area contributed by atoms with Gasteiger partial charge in [-0.05, 0) is 20.8 Å². The quantitative estimate of drug-likeness (QED) is 0.763. The van der Waals surface area contributed by atoms with Crippen molar-refractivity contribution in [3.05, 3.63) is 12.4 Å². The fourth-order valence-electron chi connectivity index (χ4n) is 1.13. The van der Waals surface area contributed by atoms with Crippen LogP contribution >= 0.6 is 0 Å². The van der Waals surface area contributed by atoms with E-state index in [-0.39, 0.29) is 11.4 Å². The maximum Gasteiger partial charge on any atom is 0.243 e. The molecule has 0 unspecified atom stereocenters. The fourth-order valence-corrected chi connectivity index (χ4v) is 2.22. The Hall–Kier alpha value is -1.25. The Labute approximate surface area is 113 Å². The number of aromatic nitrogens is 2. The van der Waals surface area contributed by atoms with Crippen LogP contribution < -0.4 is 10.0 Å². The molecule has 0 amide bonds. The molecule has 0 aromatic carbocycles. The first-order chi connectivity index (χ1) is 8.80. The molecule has 0 spiro atoms. The van der Waals surface area contributed by atoms with Gasteiger partial charge in [-0.3, -0.25) is 0 Å². The van der Waals surface area contributed by atoms with Crippen molar-refractivity contribution in [1.82, 2.24) is 14.7 Å². The van der Waals surface area contributed by atoms with Crippen molar-refractivity contribution in [3.8, 4) is 0 Å². The topological polar surface area (TPSA) is 93.2 Å². The summed E-state index contributed by atoms with van der Waals surface area (Å²) < 4.78 is 31.6. The number of anilines is 1. The zero-order valence-electron chi connectivity index (χ0n) is 11.6. The Morgan fingerprint density at radius 3 is 2.37 bits per heavy atom. The average molecular weight is 288 g/mol. The highest BCUT2D eigenvalue weighted by Crippen LogP contribution is 2.10. The van der Waals surface area contributed by atoms with Gasteiger partial charge in [0.25, 0.3) is 0 Å². The third-order valence-corrected chi connectivity index (χ3v) is 3.87. The number of rotatable bonds is 7. The lowest BCUT2D eigenvalue weighted by molar-refractivity contribution is 0.0276. The van der Waals surface area contributed by atoms with Crippen LogP contribution in [0.4, 0.5) is 5.95 Å². The van der Waals surface area contributed by atoms with Crippen molar-refractivity contribution >= 4 is 16.0 Å². The van der Waals surface area contributed by atoms with E-state index in [9.17, 15) is 8.42 Å². The van der Waals surface area contributed by atoms with Crippen LogP contribution in [-0.2, 0) is 14.8 Å². The normalized spacial score (nSPS) is 12.4. The van der Waals surface area contributed by atoms with Gasteiger partial charge < -0.3 is 10.1 Å². The van der Waals surface area contributed by atoms with Crippen molar-refractivity contribution in [3.63, 3.8) is 0 Å². The number of nitrogens with one attached hydrogen (secondary N) is 2. The Bertz CT molecular complexity index is 499. The smallest absolute Gasteiger partial charge is 0.243 e. The monoisotopic (exact) mass is 288 g/mol. The molecule has 0 aliphatic heterocycles. The Balaban J connectivity index is 2.77. The van der Waals surface area contributed by atoms with Gasteiger partial charge in [-0.2, -0.15) is 0 Å². The maximum absolute atomic E-state index is 12.0. The lowest BCUT2D eigenvalue weighted by Crippen LogP contribution is -2.39. The molecule has 2 N–H and O–H groups in total. The third-order valence-electron chi connectivity index (χ3n) is 2.51. The van der Waals surface area contributed by atoms with Gasteiger partial charge in [-0.15, -0.1) is 0 Å². The first kappa shape index (κ1) is 15.8. The zero-order chi connectivity index (χ0) is 14.5. The second kappa shape index (κ2) is 6.27. The lowest BCUT2D eigenvalue weighted by atomic mass is 10.1. The summed E-state index contributed by atoms with van der Waals surface area (Å²) in [6, 6.07) is 0. The van der Waals surface area contributed by atoms with E-state index in [1.54, 1.807) is 13.8 Å². The number of nitrogens with zero attached hydrogens (tertiary/aromatic N) is 2. The highest BCUT2D eigenvalue weighted by atomic mass is 32.2. The number of hydrogen-bond acceptors (Lipinski definition) is 6. The van der Waals surface area contributed by atoms with E-state index in [1.807, 2.05) is 6.92 Å². The molecule has 1 aromatic heterocycles. The van der Waals surface area contributed by atoms with Crippen molar-refractivity contribution in [2.24, 2.45) is 0 Å². The second-order valence-corrected chi connectivity index (χ2v) is 6.33. The van der Waals surface area contributed by atoms with Crippen LogP contribution in [-0.4, -0.2) is 44.2 Å². The van der Waals surface area contributed by atoms with Crippen molar-refractivity contribution < 1.29 is 13.2 Å². The summed E-state index contributed by atoms with van der Waals surface area (Å²) in [5.74, 6) is 0.402. The van der Waals surface area contributed by atoms with E-state index < -0.39 is 15.6 Å². The molecule has 1 aromatic rings. The van der Waals surface area contributed by atoms with Gasteiger partial charge in [0.05, 0.1) is 18.0 Å². The summed E-state index contributed by atoms with van der Waals surface area (Å²) in [7, 11) is -2.09. The summed E-state index contributed by atoms with van der Waals surface area (Å²) in [4.78, 5) is 7.88. The average Bonchev–Trinajstić information content (AvgIpc) is 2.38. The van der Waals surface area contributed by atoms with Crippen LogP contribution in [0.1, 0.15) is 20.8 Å². The molecule has 0 atom stereocenters.